The summed E-state index contributed by atoms with van der Waals surface area (Å²) >= 11 is 0. The summed E-state index contributed by atoms with van der Waals surface area (Å²) in [5.74, 6) is -1.69. The molecule has 3 N–H and O–H groups in total. The summed E-state index contributed by atoms with van der Waals surface area (Å²) in [6.45, 7) is 6.08. The van der Waals surface area contributed by atoms with Crippen molar-refractivity contribution in [1.29, 1.82) is 0 Å². The van der Waals surface area contributed by atoms with Crippen LogP contribution in [0.25, 0.3) is 16.9 Å². The van der Waals surface area contributed by atoms with Crippen molar-refractivity contribution >= 4 is 68.0 Å². The van der Waals surface area contributed by atoms with Gasteiger partial charge in [-0.1, -0.05) is 18.2 Å². The molecule has 0 aliphatic carbocycles. The van der Waals surface area contributed by atoms with Crippen LogP contribution in [0.5, 0.6) is 0 Å². The lowest BCUT2D eigenvalue weighted by Crippen LogP contribution is -2.54. The van der Waals surface area contributed by atoms with E-state index in [1.807, 2.05) is 47.4 Å². The minimum Gasteiger partial charge on any atom is -0.383 e. The molecule has 3 aromatic carbocycles. The minimum absolute atomic E-state index is 0.0584. The lowest BCUT2D eigenvalue weighted by atomic mass is 10.0. The smallest absolute Gasteiger partial charge is 0.262 e. The second kappa shape index (κ2) is 21.9. The molecule has 20 nitrogen and oxygen atoms in total. The number of hydrogen-bond acceptors (Lipinski definition) is 16. The van der Waals surface area contributed by atoms with Crippen LogP contribution in [-0.4, -0.2) is 160 Å². The van der Waals surface area contributed by atoms with Crippen LogP contribution in [-0.2, 0) is 43.2 Å². The fraction of sp³-hybridized carbons (Fsp3) is 0.383. The van der Waals surface area contributed by atoms with Crippen LogP contribution in [0, 0.1) is 0 Å². The van der Waals surface area contributed by atoms with Crippen LogP contribution >= 0.6 is 0 Å². The van der Waals surface area contributed by atoms with E-state index in [2.05, 4.69) is 30.9 Å². The highest BCUT2D eigenvalue weighted by Crippen LogP contribution is 2.30. The van der Waals surface area contributed by atoms with Gasteiger partial charge in [-0.15, -0.1) is 5.10 Å². The Kier molecular flexibility index (Phi) is 15.4. The number of sulfone groups is 1. The largest absolute Gasteiger partial charge is 0.383 e. The number of nitrogens with zero attached hydrogens (tertiary/aromatic N) is 6. The first-order valence-corrected chi connectivity index (χ1v) is 24.3. The summed E-state index contributed by atoms with van der Waals surface area (Å²) in [7, 11) is -3.30. The van der Waals surface area contributed by atoms with E-state index in [-0.39, 0.29) is 34.8 Å². The highest BCUT2D eigenvalue weighted by atomic mass is 32.2. The second-order valence-electron chi connectivity index (χ2n) is 16.3. The Bertz CT molecular complexity index is 2740. The van der Waals surface area contributed by atoms with Gasteiger partial charge in [0.05, 0.1) is 81.0 Å². The second-order valence-corrected chi connectivity index (χ2v) is 18.3. The zero-order valence-electron chi connectivity index (χ0n) is 37.6. The molecule has 358 valence electrons. The van der Waals surface area contributed by atoms with E-state index in [9.17, 15) is 32.4 Å². The number of piperazine rings is 1. The van der Waals surface area contributed by atoms with Crippen LogP contribution in [0.1, 0.15) is 40.0 Å². The number of imide groups is 2. The van der Waals surface area contributed by atoms with Crippen LogP contribution < -0.4 is 20.9 Å². The van der Waals surface area contributed by atoms with Crippen molar-refractivity contribution in [2.45, 2.75) is 30.2 Å². The SMILES string of the molecule is CS(=O)(=O)c1ccc(-c2cccc3nc(Nc4ccc(N5CCN(C(=O)CCOCCOCCOCCOCCNc6ccc7c(c6)C(=O)N(C6CCC(=O)NC6=O)C7=O)CC5)cc4)nn23)cc1. The van der Waals surface area contributed by atoms with Gasteiger partial charge >= 0.3 is 0 Å². The Labute approximate surface area is 392 Å². The zero-order valence-corrected chi connectivity index (χ0v) is 38.4. The third-order valence-electron chi connectivity index (χ3n) is 11.7. The molecule has 3 aliphatic heterocycles. The topological polar surface area (TPSA) is 232 Å². The first kappa shape index (κ1) is 47.7. The molecule has 2 fully saturated rings. The van der Waals surface area contributed by atoms with Crippen LogP contribution in [0.3, 0.4) is 0 Å². The van der Waals surface area contributed by atoms with E-state index >= 15 is 0 Å². The quantitative estimate of drug-likeness (QED) is 0.0668. The maximum Gasteiger partial charge on any atom is 0.262 e. The Morgan fingerprint density at radius 3 is 2.07 bits per heavy atom. The lowest BCUT2D eigenvalue weighted by Gasteiger charge is -2.36. The zero-order chi connectivity index (χ0) is 47.6. The molecule has 5 heterocycles. The van der Waals surface area contributed by atoms with Crippen molar-refractivity contribution in [2.24, 2.45) is 0 Å². The minimum atomic E-state index is -3.30. The number of carbonyl (C=O) groups is 5. The van der Waals surface area contributed by atoms with Gasteiger partial charge in [0.15, 0.2) is 15.5 Å². The number of aromatic nitrogens is 3. The van der Waals surface area contributed by atoms with E-state index in [4.69, 9.17) is 18.9 Å². The number of pyridine rings is 1. The van der Waals surface area contributed by atoms with Gasteiger partial charge in [-0.25, -0.2) is 12.9 Å². The summed E-state index contributed by atoms with van der Waals surface area (Å²) in [6, 6.07) is 24.1. The molecule has 3 aliphatic rings. The molecular formula is C47H53N9O11S. The molecule has 5 amide bonds. The number of carbonyl (C=O) groups excluding carboxylic acids is 5. The molecular weight excluding hydrogens is 899 g/mol. The maximum absolute atomic E-state index is 13.0. The summed E-state index contributed by atoms with van der Waals surface area (Å²) in [6.07, 6.45) is 1.65. The summed E-state index contributed by atoms with van der Waals surface area (Å²) in [5.41, 5.74) is 5.17. The number of hydrogen-bond donors (Lipinski definition) is 3. The average molecular weight is 952 g/mol. The Morgan fingerprint density at radius 1 is 0.750 bits per heavy atom. The highest BCUT2D eigenvalue weighted by molar-refractivity contribution is 7.90. The van der Waals surface area contributed by atoms with Crippen molar-refractivity contribution in [3.63, 3.8) is 0 Å². The highest BCUT2D eigenvalue weighted by Gasteiger charge is 2.44. The molecule has 68 heavy (non-hydrogen) atoms. The van der Waals surface area contributed by atoms with Gasteiger partial charge in [-0.05, 0) is 73.2 Å². The van der Waals surface area contributed by atoms with Gasteiger partial charge in [0.1, 0.15) is 6.04 Å². The number of ether oxygens (including phenoxy) is 4. The van der Waals surface area contributed by atoms with E-state index in [1.165, 1.54) is 6.26 Å². The normalized spacial score (nSPS) is 16.4. The van der Waals surface area contributed by atoms with Crippen molar-refractivity contribution in [2.75, 3.05) is 107 Å². The summed E-state index contributed by atoms with van der Waals surface area (Å²) in [5, 5.41) is 13.3. The van der Waals surface area contributed by atoms with Gasteiger partial charge in [0.2, 0.25) is 23.7 Å². The molecule has 0 spiro atoms. The Balaban J connectivity index is 0.636. The number of nitrogens with one attached hydrogen (secondary N) is 3. The number of rotatable bonds is 22. The molecule has 2 saturated heterocycles. The van der Waals surface area contributed by atoms with Crippen LogP contribution in [0.15, 0.2) is 89.8 Å². The molecule has 1 unspecified atom stereocenters. The van der Waals surface area contributed by atoms with Gasteiger partial charge in [0, 0.05) is 68.0 Å². The molecule has 21 heteroatoms. The average Bonchev–Trinajstić information content (AvgIpc) is 3.86. The molecule has 0 saturated carbocycles. The standard InChI is InChI=1S/C47H53N9O11S/c1-68(62,63)36-12-5-32(6-13-36)39-3-2-4-41-50-47(52-56(39)41)49-33-7-10-35(11-8-33)53-19-21-54(22-20-53)43(58)17-23-64-25-27-66-29-30-67-28-26-65-24-18-48-34-9-14-37-38(31-34)46(61)55(45(37)60)40-15-16-42(57)51-44(40)59/h2-14,31,40,48H,15-30H2,1H3,(H,49,52)(H,51,57,59). The fourth-order valence-corrected chi connectivity index (χ4v) is 8.71. The lowest BCUT2D eigenvalue weighted by molar-refractivity contribution is -0.136. The van der Waals surface area contributed by atoms with Crippen LogP contribution in [0.4, 0.5) is 23.0 Å². The van der Waals surface area contributed by atoms with E-state index in [0.717, 1.165) is 27.5 Å². The van der Waals surface area contributed by atoms with E-state index < -0.39 is 39.5 Å². The monoisotopic (exact) mass is 951 g/mol. The first-order chi connectivity index (χ1) is 32.9. The van der Waals surface area contributed by atoms with E-state index in [1.54, 1.807) is 47.0 Å². The summed E-state index contributed by atoms with van der Waals surface area (Å²) < 4.78 is 47.9. The summed E-state index contributed by atoms with van der Waals surface area (Å²) in [4.78, 5) is 72.5. The first-order valence-electron chi connectivity index (χ1n) is 22.4. The van der Waals surface area contributed by atoms with Crippen molar-refractivity contribution in [3.05, 3.63) is 96.1 Å². The molecule has 2 aromatic heterocycles. The fourth-order valence-electron chi connectivity index (χ4n) is 8.08. The number of benzene rings is 3. The van der Waals surface area contributed by atoms with Crippen molar-refractivity contribution in [3.8, 4) is 11.3 Å². The number of piperidine rings is 1. The number of anilines is 4. The van der Waals surface area contributed by atoms with Crippen molar-refractivity contribution < 1.29 is 51.3 Å². The molecule has 8 rings (SSSR count). The third kappa shape index (κ3) is 11.7. The number of fused-ring (bicyclic) bond motifs is 2. The Morgan fingerprint density at radius 2 is 1.40 bits per heavy atom. The van der Waals surface area contributed by atoms with Gasteiger partial charge < -0.3 is 39.4 Å². The van der Waals surface area contributed by atoms with Crippen molar-refractivity contribution in [1.82, 2.24) is 29.7 Å². The molecule has 5 aromatic rings. The molecule has 1 atom stereocenters. The maximum atomic E-state index is 13.0. The van der Waals surface area contributed by atoms with Gasteiger partial charge in [-0.3, -0.25) is 34.2 Å². The predicted molar refractivity (Wildman–Crippen MR) is 250 cm³/mol. The number of amides is 5. The van der Waals surface area contributed by atoms with Gasteiger partial charge in [-0.2, -0.15) is 4.98 Å². The predicted octanol–water partition coefficient (Wildman–Crippen LogP) is 3.16. The van der Waals surface area contributed by atoms with Crippen LogP contribution in [0.2, 0.25) is 0 Å². The van der Waals surface area contributed by atoms with Gasteiger partial charge in [0.25, 0.3) is 11.8 Å². The van der Waals surface area contributed by atoms with E-state index in [0.29, 0.717) is 109 Å². The third-order valence-corrected chi connectivity index (χ3v) is 12.8. The Hall–Kier alpha value is -6.78. The molecule has 0 radical (unpaired) electrons. The molecule has 0 bridgehead atoms.